The smallest absolute Gasteiger partial charge is 0.175 e. The van der Waals surface area contributed by atoms with Gasteiger partial charge in [-0.25, -0.2) is 8.42 Å². The molecule has 3 rings (SSSR count). The van der Waals surface area contributed by atoms with Crippen molar-refractivity contribution in [1.29, 1.82) is 0 Å². The van der Waals surface area contributed by atoms with Gasteiger partial charge >= 0.3 is 0 Å². The topological polar surface area (TPSA) is 62.3 Å². The van der Waals surface area contributed by atoms with Crippen molar-refractivity contribution in [3.8, 4) is 0 Å². The first kappa shape index (κ1) is 19.0. The number of likely N-dealkylation sites (tertiary alicyclic amines) is 1. The number of sulfone groups is 1. The quantitative estimate of drug-likeness (QED) is 0.807. The highest BCUT2D eigenvalue weighted by atomic mass is 32.2. The van der Waals surface area contributed by atoms with Crippen LogP contribution in [0.1, 0.15) is 24.1 Å². The summed E-state index contributed by atoms with van der Waals surface area (Å²) in [4.78, 5) is 7.15. The Kier molecular flexibility index (Phi) is 6.40. The lowest BCUT2D eigenvalue weighted by Gasteiger charge is -2.32. The molecule has 1 saturated heterocycles. The van der Waals surface area contributed by atoms with Crippen LogP contribution in [0.15, 0.2) is 53.6 Å². The van der Waals surface area contributed by atoms with E-state index in [0.717, 1.165) is 50.2 Å². The summed E-state index contributed by atoms with van der Waals surface area (Å²) < 4.78 is 23.9. The lowest BCUT2D eigenvalue weighted by molar-refractivity contribution is 0.190. The number of hydrogen-bond acceptors (Lipinski definition) is 5. The maximum atomic E-state index is 11.9. The van der Waals surface area contributed by atoms with Crippen LogP contribution in [0.4, 0.5) is 0 Å². The van der Waals surface area contributed by atoms with Gasteiger partial charge in [-0.2, -0.15) is 0 Å². The molecule has 6 heteroatoms. The van der Waals surface area contributed by atoms with Crippen LogP contribution in [-0.2, 0) is 22.8 Å². The van der Waals surface area contributed by atoms with E-state index in [-0.39, 0.29) is 0 Å². The zero-order valence-electron chi connectivity index (χ0n) is 15.3. The predicted molar refractivity (Wildman–Crippen MR) is 104 cm³/mol. The van der Waals surface area contributed by atoms with Gasteiger partial charge in [-0.05, 0) is 49.7 Å². The normalized spacial score (nSPS) is 16.7. The molecule has 140 valence electrons. The second-order valence-electron chi connectivity index (χ2n) is 6.96. The number of nitrogens with zero attached hydrogens (tertiary/aromatic N) is 2. The number of rotatable bonds is 7. The molecule has 2 aromatic rings. The number of aromatic nitrogens is 1. The van der Waals surface area contributed by atoms with E-state index in [4.69, 9.17) is 0 Å². The summed E-state index contributed by atoms with van der Waals surface area (Å²) in [7, 11) is -3.18. The van der Waals surface area contributed by atoms with Crippen LogP contribution in [0.25, 0.3) is 0 Å². The van der Waals surface area contributed by atoms with E-state index in [1.54, 1.807) is 12.1 Å². The number of benzene rings is 1. The molecule has 0 atom stereocenters. The van der Waals surface area contributed by atoms with Gasteiger partial charge in [-0.3, -0.25) is 9.88 Å². The Morgan fingerprint density at radius 3 is 2.54 bits per heavy atom. The lowest BCUT2D eigenvalue weighted by atomic mass is 10.0. The first-order chi connectivity index (χ1) is 12.5. The molecule has 1 N–H and O–H groups in total. The van der Waals surface area contributed by atoms with E-state index >= 15 is 0 Å². The summed E-state index contributed by atoms with van der Waals surface area (Å²) in [6.07, 6.45) is 6.24. The largest absolute Gasteiger partial charge is 0.313 e. The molecule has 1 aromatic carbocycles. The Balaban J connectivity index is 1.46. The SMILES string of the molecule is CS(=O)(=O)c1ccccc1CN1CCC(NCCc2ccccn2)CC1. The third kappa shape index (κ3) is 5.37. The Morgan fingerprint density at radius 2 is 1.85 bits per heavy atom. The third-order valence-electron chi connectivity index (χ3n) is 4.89. The van der Waals surface area contributed by atoms with Crippen LogP contribution in [0.3, 0.4) is 0 Å². The highest BCUT2D eigenvalue weighted by Crippen LogP contribution is 2.20. The summed E-state index contributed by atoms with van der Waals surface area (Å²) in [5, 5.41) is 3.63. The van der Waals surface area contributed by atoms with Crippen molar-refractivity contribution in [1.82, 2.24) is 15.2 Å². The second-order valence-corrected chi connectivity index (χ2v) is 8.94. The standard InChI is InChI=1S/C20H27N3O2S/c1-26(24,25)20-8-3-2-6-17(20)16-23-14-10-19(11-15-23)22-13-9-18-7-4-5-12-21-18/h2-8,12,19,22H,9-11,13-16H2,1H3. The van der Waals surface area contributed by atoms with Crippen LogP contribution in [0.2, 0.25) is 0 Å². The van der Waals surface area contributed by atoms with Gasteiger partial charge in [0.15, 0.2) is 9.84 Å². The van der Waals surface area contributed by atoms with E-state index in [9.17, 15) is 8.42 Å². The van der Waals surface area contributed by atoms with E-state index in [0.29, 0.717) is 17.5 Å². The zero-order valence-corrected chi connectivity index (χ0v) is 16.1. The van der Waals surface area contributed by atoms with Gasteiger partial charge in [0.1, 0.15) is 0 Å². The first-order valence-corrected chi connectivity index (χ1v) is 11.0. The van der Waals surface area contributed by atoms with E-state index in [1.807, 2.05) is 30.5 Å². The predicted octanol–water partition coefficient (Wildman–Crippen LogP) is 2.28. The highest BCUT2D eigenvalue weighted by Gasteiger charge is 2.21. The summed E-state index contributed by atoms with van der Waals surface area (Å²) >= 11 is 0. The minimum Gasteiger partial charge on any atom is -0.313 e. The van der Waals surface area contributed by atoms with E-state index in [1.165, 1.54) is 6.26 Å². The summed E-state index contributed by atoms with van der Waals surface area (Å²) in [6.45, 7) is 3.61. The first-order valence-electron chi connectivity index (χ1n) is 9.16. The number of nitrogens with one attached hydrogen (secondary N) is 1. The van der Waals surface area contributed by atoms with Crippen molar-refractivity contribution in [3.05, 3.63) is 59.9 Å². The Morgan fingerprint density at radius 1 is 1.12 bits per heavy atom. The number of piperidine rings is 1. The molecule has 0 radical (unpaired) electrons. The highest BCUT2D eigenvalue weighted by molar-refractivity contribution is 7.90. The van der Waals surface area contributed by atoms with Gasteiger partial charge in [-0.1, -0.05) is 24.3 Å². The third-order valence-corrected chi connectivity index (χ3v) is 6.09. The van der Waals surface area contributed by atoms with Crippen molar-refractivity contribution >= 4 is 9.84 Å². The monoisotopic (exact) mass is 373 g/mol. The fourth-order valence-electron chi connectivity index (χ4n) is 3.48. The molecule has 0 bridgehead atoms. The van der Waals surface area contributed by atoms with Crippen molar-refractivity contribution in [2.24, 2.45) is 0 Å². The maximum Gasteiger partial charge on any atom is 0.175 e. The Labute approximate surface area is 156 Å². The molecule has 1 aliphatic rings. The van der Waals surface area contributed by atoms with Gasteiger partial charge in [-0.15, -0.1) is 0 Å². The molecule has 0 unspecified atom stereocenters. The van der Waals surface area contributed by atoms with Crippen molar-refractivity contribution in [2.45, 2.75) is 36.7 Å². The molecule has 0 amide bonds. The molecular weight excluding hydrogens is 346 g/mol. The fourth-order valence-corrected chi connectivity index (χ4v) is 4.42. The minimum absolute atomic E-state index is 0.454. The van der Waals surface area contributed by atoms with Crippen molar-refractivity contribution in [3.63, 3.8) is 0 Å². The van der Waals surface area contributed by atoms with Gasteiger partial charge in [0.25, 0.3) is 0 Å². The molecule has 1 fully saturated rings. The molecule has 5 nitrogen and oxygen atoms in total. The van der Waals surface area contributed by atoms with Gasteiger partial charge in [0.05, 0.1) is 4.90 Å². The summed E-state index contributed by atoms with van der Waals surface area (Å²) in [5.74, 6) is 0. The second kappa shape index (κ2) is 8.75. The van der Waals surface area contributed by atoms with Crippen molar-refractivity contribution < 1.29 is 8.42 Å². The summed E-state index contributed by atoms with van der Waals surface area (Å²) in [5.41, 5.74) is 2.02. The zero-order chi connectivity index (χ0) is 18.4. The molecule has 1 aliphatic heterocycles. The van der Waals surface area contributed by atoms with Crippen LogP contribution >= 0.6 is 0 Å². The Hall–Kier alpha value is -1.76. The number of pyridine rings is 1. The maximum absolute atomic E-state index is 11.9. The van der Waals surface area contributed by atoms with Crippen LogP contribution in [0.5, 0.6) is 0 Å². The molecule has 0 saturated carbocycles. The van der Waals surface area contributed by atoms with Gasteiger partial charge in [0, 0.05) is 43.7 Å². The average molecular weight is 374 g/mol. The molecule has 0 aliphatic carbocycles. The lowest BCUT2D eigenvalue weighted by Crippen LogP contribution is -2.42. The number of hydrogen-bond donors (Lipinski definition) is 1. The minimum atomic E-state index is -3.18. The van der Waals surface area contributed by atoms with Crippen LogP contribution in [0, 0.1) is 0 Å². The Bertz CT molecular complexity index is 801. The van der Waals surface area contributed by atoms with Gasteiger partial charge < -0.3 is 5.32 Å². The average Bonchev–Trinajstić information content (AvgIpc) is 2.64. The molecule has 2 heterocycles. The molecule has 26 heavy (non-hydrogen) atoms. The van der Waals surface area contributed by atoms with Gasteiger partial charge in [0.2, 0.25) is 0 Å². The van der Waals surface area contributed by atoms with Crippen LogP contribution < -0.4 is 5.32 Å². The van der Waals surface area contributed by atoms with Crippen LogP contribution in [-0.4, -0.2) is 50.2 Å². The molecule has 0 spiro atoms. The molecular formula is C20H27N3O2S. The fraction of sp³-hybridized carbons (Fsp3) is 0.450. The summed E-state index contributed by atoms with van der Waals surface area (Å²) in [6, 6.07) is 13.9. The van der Waals surface area contributed by atoms with E-state index < -0.39 is 9.84 Å². The van der Waals surface area contributed by atoms with E-state index in [2.05, 4.69) is 21.3 Å². The van der Waals surface area contributed by atoms with Crippen molar-refractivity contribution in [2.75, 3.05) is 25.9 Å². The molecule has 1 aromatic heterocycles.